The number of aromatic nitrogens is 1. The van der Waals surface area contributed by atoms with Gasteiger partial charge < -0.3 is 19.7 Å². The predicted octanol–water partition coefficient (Wildman–Crippen LogP) is 2.59. The van der Waals surface area contributed by atoms with Crippen LogP contribution in [0.25, 0.3) is 0 Å². The van der Waals surface area contributed by atoms with Gasteiger partial charge in [-0.25, -0.2) is 4.79 Å². The number of rotatable bonds is 2. The Morgan fingerprint density at radius 3 is 2.42 bits per heavy atom. The Kier molecular flexibility index (Phi) is 6.32. The summed E-state index contributed by atoms with van der Waals surface area (Å²) in [4.78, 5) is 39.6. The molecule has 2 fully saturated rings. The minimum absolute atomic E-state index is 0.0637. The third-order valence-corrected chi connectivity index (χ3v) is 5.37. The lowest BCUT2D eigenvalue weighted by Crippen LogP contribution is -2.52. The lowest BCUT2D eigenvalue weighted by Gasteiger charge is -2.39. The minimum atomic E-state index is -5.08. The van der Waals surface area contributed by atoms with E-state index in [9.17, 15) is 22.8 Å². The Balaban J connectivity index is 0.000000339. The van der Waals surface area contributed by atoms with E-state index in [1.807, 2.05) is 12.1 Å². The molecular formula is C20H20F3N3O5. The monoisotopic (exact) mass is 439 g/mol. The van der Waals surface area contributed by atoms with Crippen LogP contribution in [0.2, 0.25) is 0 Å². The topological polar surface area (TPSA) is 113 Å². The Morgan fingerprint density at radius 2 is 1.90 bits per heavy atom. The number of pyridine rings is 1. The van der Waals surface area contributed by atoms with E-state index >= 15 is 0 Å². The summed E-state index contributed by atoms with van der Waals surface area (Å²) >= 11 is 0. The van der Waals surface area contributed by atoms with Crippen molar-refractivity contribution in [3.8, 4) is 0 Å². The van der Waals surface area contributed by atoms with Gasteiger partial charge >= 0.3 is 12.1 Å². The number of furan rings is 1. The van der Waals surface area contributed by atoms with Gasteiger partial charge in [0.1, 0.15) is 0 Å². The maximum absolute atomic E-state index is 12.4. The van der Waals surface area contributed by atoms with Crippen molar-refractivity contribution in [2.75, 3.05) is 13.1 Å². The van der Waals surface area contributed by atoms with Crippen LogP contribution in [0.3, 0.4) is 0 Å². The summed E-state index contributed by atoms with van der Waals surface area (Å²) in [5.74, 6) is -2.55. The number of hydrogen-bond donors (Lipinski definition) is 2. The van der Waals surface area contributed by atoms with Crippen molar-refractivity contribution in [3.05, 3.63) is 54.2 Å². The molecule has 2 aromatic heterocycles. The van der Waals surface area contributed by atoms with Crippen LogP contribution in [0.1, 0.15) is 41.3 Å². The number of carboxylic acid groups (broad SMARTS) is 1. The normalized spacial score (nSPS) is 20.0. The maximum Gasteiger partial charge on any atom is 0.490 e. The van der Waals surface area contributed by atoms with Gasteiger partial charge in [-0.2, -0.15) is 13.2 Å². The largest absolute Gasteiger partial charge is 0.490 e. The number of carbonyl (C=O) groups excluding carboxylic acids is 2. The zero-order valence-corrected chi connectivity index (χ0v) is 16.3. The minimum Gasteiger partial charge on any atom is -0.475 e. The highest BCUT2D eigenvalue weighted by molar-refractivity contribution is 5.91. The molecule has 0 aliphatic carbocycles. The highest BCUT2D eigenvalue weighted by Gasteiger charge is 2.47. The van der Waals surface area contributed by atoms with Crippen LogP contribution >= 0.6 is 0 Å². The lowest BCUT2D eigenvalue weighted by atomic mass is 9.82. The van der Waals surface area contributed by atoms with Crippen LogP contribution in [0, 0.1) is 0 Å². The molecular weight excluding hydrogens is 419 g/mol. The fourth-order valence-corrected chi connectivity index (χ4v) is 3.76. The van der Waals surface area contributed by atoms with Crippen molar-refractivity contribution in [1.29, 1.82) is 0 Å². The molecule has 31 heavy (non-hydrogen) atoms. The summed E-state index contributed by atoms with van der Waals surface area (Å²) in [5, 5.41) is 10.3. The van der Waals surface area contributed by atoms with Gasteiger partial charge in [-0.15, -0.1) is 0 Å². The quantitative estimate of drug-likeness (QED) is 0.744. The summed E-state index contributed by atoms with van der Waals surface area (Å²) in [6, 6.07) is 7.21. The van der Waals surface area contributed by atoms with Crippen LogP contribution in [0.15, 0.2) is 47.3 Å². The zero-order valence-electron chi connectivity index (χ0n) is 16.3. The number of hydrogen-bond acceptors (Lipinski definition) is 5. The molecule has 8 nitrogen and oxygen atoms in total. The van der Waals surface area contributed by atoms with E-state index in [-0.39, 0.29) is 23.3 Å². The van der Waals surface area contributed by atoms with Gasteiger partial charge in [-0.05, 0) is 43.0 Å². The molecule has 2 N–H and O–H groups in total. The van der Waals surface area contributed by atoms with Crippen molar-refractivity contribution in [2.45, 2.75) is 36.9 Å². The van der Waals surface area contributed by atoms with Gasteiger partial charge in [0.25, 0.3) is 5.91 Å². The SMILES string of the molecule is O=C(O)C(F)(F)F.O=C1NC2(CCN(C(=O)c3ccco3)CC2)CC1c1cccnc1. The molecule has 4 rings (SSSR count). The summed E-state index contributed by atoms with van der Waals surface area (Å²) in [7, 11) is 0. The van der Waals surface area contributed by atoms with Crippen molar-refractivity contribution < 1.29 is 37.1 Å². The zero-order chi connectivity index (χ0) is 22.6. The number of piperidine rings is 1. The number of halogens is 3. The van der Waals surface area contributed by atoms with Gasteiger partial charge in [-0.3, -0.25) is 14.6 Å². The number of nitrogens with one attached hydrogen (secondary N) is 1. The van der Waals surface area contributed by atoms with E-state index in [0.717, 1.165) is 24.8 Å². The van der Waals surface area contributed by atoms with E-state index in [2.05, 4.69) is 10.3 Å². The van der Waals surface area contributed by atoms with E-state index in [0.29, 0.717) is 18.8 Å². The summed E-state index contributed by atoms with van der Waals surface area (Å²) in [5.41, 5.74) is 0.748. The summed E-state index contributed by atoms with van der Waals surface area (Å²) < 4.78 is 36.9. The van der Waals surface area contributed by atoms with Crippen molar-refractivity contribution in [3.63, 3.8) is 0 Å². The van der Waals surface area contributed by atoms with Crippen molar-refractivity contribution >= 4 is 17.8 Å². The molecule has 0 radical (unpaired) electrons. The number of aliphatic carboxylic acids is 1. The third kappa shape index (κ3) is 5.22. The maximum atomic E-state index is 12.4. The molecule has 1 atom stereocenters. The molecule has 0 saturated carbocycles. The molecule has 0 aromatic carbocycles. The van der Waals surface area contributed by atoms with Crippen LogP contribution in [0.4, 0.5) is 13.2 Å². The Hall–Kier alpha value is -3.37. The van der Waals surface area contributed by atoms with Crippen LogP contribution < -0.4 is 5.32 Å². The Labute approximate surface area is 175 Å². The van der Waals surface area contributed by atoms with Gasteiger partial charge in [0, 0.05) is 31.0 Å². The second kappa shape index (κ2) is 8.78. The highest BCUT2D eigenvalue weighted by atomic mass is 19.4. The molecule has 2 aliphatic rings. The molecule has 1 unspecified atom stereocenters. The first kappa shape index (κ1) is 22.3. The van der Waals surface area contributed by atoms with Gasteiger partial charge in [-0.1, -0.05) is 6.07 Å². The van der Waals surface area contributed by atoms with Crippen LogP contribution in [-0.2, 0) is 9.59 Å². The van der Waals surface area contributed by atoms with Crippen molar-refractivity contribution in [2.24, 2.45) is 0 Å². The average Bonchev–Trinajstić information content (AvgIpc) is 3.37. The molecule has 0 bridgehead atoms. The highest BCUT2D eigenvalue weighted by Crippen LogP contribution is 2.39. The standard InChI is InChI=1S/C18H19N3O3.C2HF3O2/c22-16-14(13-3-1-7-19-12-13)11-18(20-16)5-8-21(9-6-18)17(23)15-4-2-10-24-15;3-2(4,5)1(6)7/h1-4,7,10,12,14H,5-6,8-9,11H2,(H,20,22);(H,6,7). The molecule has 11 heteroatoms. The smallest absolute Gasteiger partial charge is 0.475 e. The number of carboxylic acids is 1. The Bertz CT molecular complexity index is 923. The van der Waals surface area contributed by atoms with E-state index in [1.54, 1.807) is 29.4 Å². The number of nitrogens with zero attached hydrogens (tertiary/aromatic N) is 2. The molecule has 2 aliphatic heterocycles. The number of amides is 2. The molecule has 2 saturated heterocycles. The number of alkyl halides is 3. The van der Waals surface area contributed by atoms with Crippen molar-refractivity contribution in [1.82, 2.24) is 15.2 Å². The molecule has 166 valence electrons. The molecule has 2 amide bonds. The molecule has 1 spiro atoms. The van der Waals surface area contributed by atoms with Gasteiger partial charge in [0.2, 0.25) is 5.91 Å². The first-order chi connectivity index (χ1) is 14.6. The first-order valence-electron chi connectivity index (χ1n) is 9.46. The average molecular weight is 439 g/mol. The number of carbonyl (C=O) groups is 3. The molecule has 2 aromatic rings. The fraction of sp³-hybridized carbons (Fsp3) is 0.400. The second-order valence-corrected chi connectivity index (χ2v) is 7.39. The summed E-state index contributed by atoms with van der Waals surface area (Å²) in [6.07, 6.45) is 2.20. The lowest BCUT2D eigenvalue weighted by molar-refractivity contribution is -0.192. The van der Waals surface area contributed by atoms with E-state index < -0.39 is 12.1 Å². The summed E-state index contributed by atoms with van der Waals surface area (Å²) in [6.45, 7) is 1.25. The van der Waals surface area contributed by atoms with Gasteiger partial charge in [0.15, 0.2) is 5.76 Å². The van der Waals surface area contributed by atoms with E-state index in [4.69, 9.17) is 14.3 Å². The fourth-order valence-electron chi connectivity index (χ4n) is 3.76. The predicted molar refractivity (Wildman–Crippen MR) is 100 cm³/mol. The molecule has 4 heterocycles. The second-order valence-electron chi connectivity index (χ2n) is 7.39. The third-order valence-electron chi connectivity index (χ3n) is 5.37. The van der Waals surface area contributed by atoms with E-state index in [1.165, 1.54) is 6.26 Å². The van der Waals surface area contributed by atoms with Gasteiger partial charge in [0.05, 0.1) is 12.2 Å². The first-order valence-corrected chi connectivity index (χ1v) is 9.46. The number of likely N-dealkylation sites (tertiary alicyclic amines) is 1. The van der Waals surface area contributed by atoms with Crippen LogP contribution in [0.5, 0.6) is 0 Å². The Morgan fingerprint density at radius 1 is 1.23 bits per heavy atom. The van der Waals surface area contributed by atoms with Crippen LogP contribution in [-0.4, -0.2) is 57.6 Å².